The van der Waals surface area contributed by atoms with Crippen LogP contribution in [0.4, 0.5) is 0 Å². The molecular formula is C13H19NO2S. The van der Waals surface area contributed by atoms with Gasteiger partial charge in [-0.05, 0) is 25.0 Å². The smallest absolute Gasteiger partial charge is 0.220 e. The number of aryl methyl sites for hydroxylation is 1. The lowest BCUT2D eigenvalue weighted by Gasteiger charge is -2.06. The lowest BCUT2D eigenvalue weighted by Crippen LogP contribution is -2.27. The second-order valence-electron chi connectivity index (χ2n) is 4.53. The molecular weight excluding hydrogens is 234 g/mol. The molecule has 0 saturated carbocycles. The van der Waals surface area contributed by atoms with Crippen molar-refractivity contribution in [1.29, 1.82) is 0 Å². The Kier molecular flexibility index (Phi) is 5.35. The van der Waals surface area contributed by atoms with Gasteiger partial charge in [0.05, 0.1) is 4.88 Å². The summed E-state index contributed by atoms with van der Waals surface area (Å²) in [6.45, 7) is 6.72. The molecule has 0 unspecified atom stereocenters. The number of amides is 1. The van der Waals surface area contributed by atoms with Crippen molar-refractivity contribution in [3.05, 3.63) is 21.9 Å². The van der Waals surface area contributed by atoms with E-state index in [1.807, 2.05) is 32.9 Å². The number of carbonyl (C=O) groups excluding carboxylic acids is 2. The molecule has 1 amide bonds. The molecule has 0 spiro atoms. The van der Waals surface area contributed by atoms with Crippen LogP contribution in [-0.2, 0) is 4.79 Å². The quantitative estimate of drug-likeness (QED) is 0.792. The molecule has 1 aromatic rings. The summed E-state index contributed by atoms with van der Waals surface area (Å²) >= 11 is 1.48. The Morgan fingerprint density at radius 2 is 2.00 bits per heavy atom. The topological polar surface area (TPSA) is 46.2 Å². The molecule has 3 nitrogen and oxygen atoms in total. The zero-order valence-corrected chi connectivity index (χ0v) is 11.4. The highest BCUT2D eigenvalue weighted by Crippen LogP contribution is 2.17. The summed E-state index contributed by atoms with van der Waals surface area (Å²) < 4.78 is 0. The number of hydrogen-bond donors (Lipinski definition) is 1. The molecule has 4 heteroatoms. The first-order chi connectivity index (χ1) is 7.99. The van der Waals surface area contributed by atoms with Gasteiger partial charge in [0.15, 0.2) is 5.78 Å². The Balaban J connectivity index is 2.31. The fourth-order valence-corrected chi connectivity index (χ4v) is 2.18. The second-order valence-corrected chi connectivity index (χ2v) is 5.82. The molecule has 1 heterocycles. The van der Waals surface area contributed by atoms with E-state index in [4.69, 9.17) is 0 Å². The van der Waals surface area contributed by atoms with E-state index in [0.717, 1.165) is 9.75 Å². The fraction of sp³-hybridized carbons (Fsp3) is 0.538. The molecule has 1 aromatic heterocycles. The average Bonchev–Trinajstić information content (AvgIpc) is 2.70. The number of hydrogen-bond acceptors (Lipinski definition) is 3. The van der Waals surface area contributed by atoms with Gasteiger partial charge >= 0.3 is 0 Å². The van der Waals surface area contributed by atoms with Gasteiger partial charge in [0, 0.05) is 24.3 Å². The minimum absolute atomic E-state index is 0.0414. The van der Waals surface area contributed by atoms with Crippen molar-refractivity contribution in [3.8, 4) is 0 Å². The lowest BCUT2D eigenvalue weighted by atomic mass is 10.1. The molecule has 0 aliphatic rings. The van der Waals surface area contributed by atoms with Crippen LogP contribution >= 0.6 is 11.3 Å². The molecule has 0 bridgehead atoms. The zero-order chi connectivity index (χ0) is 12.8. The highest BCUT2D eigenvalue weighted by molar-refractivity contribution is 7.14. The van der Waals surface area contributed by atoms with E-state index in [2.05, 4.69) is 5.32 Å². The summed E-state index contributed by atoms with van der Waals surface area (Å²) in [5.74, 6) is 0.456. The maximum absolute atomic E-state index is 11.7. The number of carbonyl (C=O) groups is 2. The van der Waals surface area contributed by atoms with Crippen LogP contribution in [0.25, 0.3) is 0 Å². The molecule has 0 radical (unpaired) electrons. The normalized spacial score (nSPS) is 10.6. The van der Waals surface area contributed by atoms with Gasteiger partial charge in [0.2, 0.25) is 5.91 Å². The molecule has 0 aliphatic carbocycles. The van der Waals surface area contributed by atoms with Crippen molar-refractivity contribution in [2.45, 2.75) is 33.6 Å². The largest absolute Gasteiger partial charge is 0.356 e. The fourth-order valence-electron chi connectivity index (χ4n) is 1.34. The molecule has 94 valence electrons. The minimum atomic E-state index is -0.0414. The van der Waals surface area contributed by atoms with Crippen LogP contribution in [0.2, 0.25) is 0 Å². The van der Waals surface area contributed by atoms with Crippen molar-refractivity contribution in [2.24, 2.45) is 5.92 Å². The summed E-state index contributed by atoms with van der Waals surface area (Å²) in [6, 6.07) is 3.76. The molecule has 0 saturated heterocycles. The van der Waals surface area contributed by atoms with Crippen LogP contribution in [0, 0.1) is 12.8 Å². The number of rotatable bonds is 6. The van der Waals surface area contributed by atoms with Crippen molar-refractivity contribution in [3.63, 3.8) is 0 Å². The first kappa shape index (κ1) is 13.9. The third-order valence-corrected chi connectivity index (χ3v) is 3.34. The number of ketones is 1. The molecule has 1 rings (SSSR count). The number of thiophene rings is 1. The van der Waals surface area contributed by atoms with Crippen LogP contribution in [0.15, 0.2) is 12.1 Å². The second kappa shape index (κ2) is 6.55. The van der Waals surface area contributed by atoms with Crippen LogP contribution in [-0.4, -0.2) is 18.2 Å². The van der Waals surface area contributed by atoms with Crippen molar-refractivity contribution in [2.75, 3.05) is 6.54 Å². The molecule has 0 aromatic carbocycles. The summed E-state index contributed by atoms with van der Waals surface area (Å²) in [5.41, 5.74) is 0. The minimum Gasteiger partial charge on any atom is -0.356 e. The van der Waals surface area contributed by atoms with Crippen molar-refractivity contribution < 1.29 is 9.59 Å². The van der Waals surface area contributed by atoms with Crippen molar-refractivity contribution >= 4 is 23.0 Å². The van der Waals surface area contributed by atoms with Gasteiger partial charge < -0.3 is 5.32 Å². The Morgan fingerprint density at radius 1 is 1.29 bits per heavy atom. The van der Waals surface area contributed by atoms with E-state index in [9.17, 15) is 9.59 Å². The van der Waals surface area contributed by atoms with E-state index in [-0.39, 0.29) is 18.1 Å². The van der Waals surface area contributed by atoms with E-state index < -0.39 is 0 Å². The number of Topliss-reactive ketones (excluding diaryl/α,β-unsaturated/α-hetero) is 1. The van der Waals surface area contributed by atoms with Crippen LogP contribution in [0.1, 0.15) is 41.2 Å². The predicted molar refractivity (Wildman–Crippen MR) is 70.5 cm³/mol. The first-order valence-corrected chi connectivity index (χ1v) is 6.67. The van der Waals surface area contributed by atoms with Gasteiger partial charge in [0.1, 0.15) is 0 Å². The summed E-state index contributed by atoms with van der Waals surface area (Å²) in [7, 11) is 0. The van der Waals surface area contributed by atoms with Crippen LogP contribution in [0.3, 0.4) is 0 Å². The third kappa shape index (κ3) is 5.13. The van der Waals surface area contributed by atoms with Crippen LogP contribution < -0.4 is 5.32 Å². The highest BCUT2D eigenvalue weighted by Gasteiger charge is 2.10. The predicted octanol–water partition coefficient (Wildman–Crippen LogP) is 2.79. The van der Waals surface area contributed by atoms with E-state index in [1.165, 1.54) is 11.3 Å². The average molecular weight is 253 g/mol. The van der Waals surface area contributed by atoms with Gasteiger partial charge in [-0.15, -0.1) is 11.3 Å². The molecule has 1 N–H and O–H groups in total. The molecule has 17 heavy (non-hydrogen) atoms. The van der Waals surface area contributed by atoms with E-state index in [0.29, 0.717) is 18.9 Å². The van der Waals surface area contributed by atoms with Gasteiger partial charge in [-0.2, -0.15) is 0 Å². The SMILES string of the molecule is Cc1ccc(C(=O)CCC(=O)NCC(C)C)s1. The monoisotopic (exact) mass is 253 g/mol. The summed E-state index contributed by atoms with van der Waals surface area (Å²) in [5, 5.41) is 2.81. The summed E-state index contributed by atoms with van der Waals surface area (Å²) in [6.07, 6.45) is 0.576. The zero-order valence-electron chi connectivity index (χ0n) is 10.6. The molecule has 0 aliphatic heterocycles. The standard InChI is InChI=1S/C13H19NO2S/c1-9(2)8-14-13(16)7-5-11(15)12-6-4-10(3)17-12/h4,6,9H,5,7-8H2,1-3H3,(H,14,16). The number of nitrogens with one attached hydrogen (secondary N) is 1. The van der Waals surface area contributed by atoms with E-state index >= 15 is 0 Å². The van der Waals surface area contributed by atoms with Crippen molar-refractivity contribution in [1.82, 2.24) is 5.32 Å². The van der Waals surface area contributed by atoms with Crippen LogP contribution in [0.5, 0.6) is 0 Å². The van der Waals surface area contributed by atoms with Gasteiger partial charge in [-0.25, -0.2) is 0 Å². The first-order valence-electron chi connectivity index (χ1n) is 5.85. The summed E-state index contributed by atoms with van der Waals surface area (Å²) in [4.78, 5) is 25.0. The highest BCUT2D eigenvalue weighted by atomic mass is 32.1. The van der Waals surface area contributed by atoms with Gasteiger partial charge in [0.25, 0.3) is 0 Å². The Morgan fingerprint density at radius 3 is 2.53 bits per heavy atom. The van der Waals surface area contributed by atoms with E-state index in [1.54, 1.807) is 0 Å². The Bertz CT molecular complexity index is 396. The lowest BCUT2D eigenvalue weighted by molar-refractivity contribution is -0.121. The molecule has 0 atom stereocenters. The van der Waals surface area contributed by atoms with Gasteiger partial charge in [-0.3, -0.25) is 9.59 Å². The Hall–Kier alpha value is -1.16. The van der Waals surface area contributed by atoms with Gasteiger partial charge in [-0.1, -0.05) is 13.8 Å². The maximum Gasteiger partial charge on any atom is 0.220 e. The third-order valence-electron chi connectivity index (χ3n) is 2.30. The Labute approximate surface area is 106 Å². The maximum atomic E-state index is 11.7. The molecule has 0 fully saturated rings.